The third-order valence-electron chi connectivity index (χ3n) is 3.26. The molecule has 0 radical (unpaired) electrons. The number of hydrogen-bond donors (Lipinski definition) is 1. The summed E-state index contributed by atoms with van der Waals surface area (Å²) in [7, 11) is 0. The molecule has 20 heavy (non-hydrogen) atoms. The lowest BCUT2D eigenvalue weighted by Crippen LogP contribution is -2.09. The Morgan fingerprint density at radius 1 is 1.30 bits per heavy atom. The Hall–Kier alpha value is -2.50. The van der Waals surface area contributed by atoms with Gasteiger partial charge in [0.2, 0.25) is 0 Å². The molecule has 0 unspecified atom stereocenters. The average molecular weight is 271 g/mol. The lowest BCUT2D eigenvalue weighted by Gasteiger charge is -2.12. The number of nitrogens with one attached hydrogen (secondary N) is 1. The van der Waals surface area contributed by atoms with Gasteiger partial charge in [-0.15, -0.1) is 0 Å². The van der Waals surface area contributed by atoms with Gasteiger partial charge in [-0.2, -0.15) is 14.6 Å². The van der Waals surface area contributed by atoms with E-state index in [1.165, 1.54) is 18.5 Å². The van der Waals surface area contributed by atoms with Gasteiger partial charge in [-0.1, -0.05) is 12.1 Å². The summed E-state index contributed by atoms with van der Waals surface area (Å²) in [5.74, 6) is 1.14. The van der Waals surface area contributed by atoms with Crippen LogP contribution in [0, 0.1) is 19.7 Å². The van der Waals surface area contributed by atoms with Crippen molar-refractivity contribution in [1.29, 1.82) is 0 Å². The number of anilines is 1. The van der Waals surface area contributed by atoms with Gasteiger partial charge >= 0.3 is 0 Å². The number of aromatic nitrogens is 4. The fraction of sp³-hybridized carbons (Fsp3) is 0.214. The molecule has 102 valence electrons. The van der Waals surface area contributed by atoms with Crippen molar-refractivity contribution in [1.82, 2.24) is 19.6 Å². The zero-order valence-corrected chi connectivity index (χ0v) is 11.3. The summed E-state index contributed by atoms with van der Waals surface area (Å²) in [5.41, 5.74) is 2.76. The molecule has 1 aromatic carbocycles. The Bertz CT molecular complexity index is 765. The first-order valence-electron chi connectivity index (χ1n) is 6.30. The Balaban J connectivity index is 1.94. The summed E-state index contributed by atoms with van der Waals surface area (Å²) in [6, 6.07) is 6.51. The molecule has 0 amide bonds. The number of aryl methyl sites for hydroxylation is 1. The van der Waals surface area contributed by atoms with E-state index >= 15 is 0 Å². The maximum Gasteiger partial charge on any atom is 0.254 e. The number of hydrogen-bond acceptors (Lipinski definition) is 4. The highest BCUT2D eigenvalue weighted by atomic mass is 19.1. The fourth-order valence-corrected chi connectivity index (χ4v) is 2.07. The summed E-state index contributed by atoms with van der Waals surface area (Å²) in [6.45, 7) is 4.41. The van der Waals surface area contributed by atoms with Crippen LogP contribution in [0.4, 0.5) is 10.2 Å². The Morgan fingerprint density at radius 3 is 2.95 bits per heavy atom. The minimum Gasteiger partial charge on any atom is -0.366 e. The largest absolute Gasteiger partial charge is 0.366 e. The summed E-state index contributed by atoms with van der Waals surface area (Å²) >= 11 is 0. The molecule has 0 bridgehead atoms. The van der Waals surface area contributed by atoms with E-state index < -0.39 is 0 Å². The minimum absolute atomic E-state index is 0.238. The second-order valence-corrected chi connectivity index (χ2v) is 4.63. The van der Waals surface area contributed by atoms with Gasteiger partial charge in [-0.3, -0.25) is 0 Å². The predicted molar refractivity (Wildman–Crippen MR) is 74.0 cm³/mol. The van der Waals surface area contributed by atoms with Gasteiger partial charge in [-0.05, 0) is 31.5 Å². The van der Waals surface area contributed by atoms with E-state index in [1.807, 2.05) is 19.9 Å². The molecular weight excluding hydrogens is 257 g/mol. The number of fused-ring (bicyclic) bond motifs is 1. The van der Waals surface area contributed by atoms with Crippen molar-refractivity contribution in [3.63, 3.8) is 0 Å². The second kappa shape index (κ2) is 4.88. The monoisotopic (exact) mass is 271 g/mol. The highest BCUT2D eigenvalue weighted by Gasteiger charge is 2.10. The highest BCUT2D eigenvalue weighted by molar-refractivity contribution is 5.52. The molecule has 1 N–H and O–H groups in total. The summed E-state index contributed by atoms with van der Waals surface area (Å²) in [6.07, 6.45) is 1.47. The van der Waals surface area contributed by atoms with Gasteiger partial charge in [0.1, 0.15) is 18.0 Å². The quantitative estimate of drug-likeness (QED) is 0.795. The SMILES string of the molecule is Cc1nc2ncnn2c(NCc2cccc(F)c2)c1C. The standard InChI is InChI=1S/C14H14FN5/c1-9-10(2)19-14-17-8-18-20(14)13(9)16-7-11-4-3-5-12(15)6-11/h3-6,8,16H,7H2,1-2H3. The molecule has 0 saturated carbocycles. The van der Waals surface area contributed by atoms with E-state index in [0.717, 1.165) is 22.6 Å². The Kier molecular flexibility index (Phi) is 3.06. The van der Waals surface area contributed by atoms with E-state index in [2.05, 4.69) is 20.4 Å². The van der Waals surface area contributed by atoms with E-state index in [1.54, 1.807) is 10.6 Å². The number of halogens is 1. The van der Waals surface area contributed by atoms with Crippen molar-refractivity contribution in [2.24, 2.45) is 0 Å². The van der Waals surface area contributed by atoms with Crippen LogP contribution in [0.1, 0.15) is 16.8 Å². The maximum atomic E-state index is 13.2. The molecule has 0 saturated heterocycles. The first-order chi connectivity index (χ1) is 9.65. The van der Waals surface area contributed by atoms with Gasteiger partial charge < -0.3 is 5.32 Å². The molecule has 0 aliphatic rings. The third-order valence-corrected chi connectivity index (χ3v) is 3.26. The maximum absolute atomic E-state index is 13.2. The van der Waals surface area contributed by atoms with Crippen LogP contribution in [0.3, 0.4) is 0 Å². The molecule has 0 aliphatic carbocycles. The summed E-state index contributed by atoms with van der Waals surface area (Å²) < 4.78 is 14.8. The van der Waals surface area contributed by atoms with E-state index in [-0.39, 0.29) is 5.82 Å². The topological polar surface area (TPSA) is 55.1 Å². The third kappa shape index (κ3) is 2.20. The van der Waals surface area contributed by atoms with Gasteiger partial charge in [0.25, 0.3) is 5.78 Å². The van der Waals surface area contributed by atoms with Gasteiger partial charge in [-0.25, -0.2) is 9.37 Å². The van der Waals surface area contributed by atoms with Gasteiger partial charge in [0.05, 0.1) is 0 Å². The van der Waals surface area contributed by atoms with Crippen molar-refractivity contribution in [2.45, 2.75) is 20.4 Å². The van der Waals surface area contributed by atoms with Crippen LogP contribution in [0.15, 0.2) is 30.6 Å². The molecule has 2 aromatic heterocycles. The molecule has 2 heterocycles. The van der Waals surface area contributed by atoms with Crippen molar-refractivity contribution in [3.8, 4) is 0 Å². The van der Waals surface area contributed by atoms with Gasteiger partial charge in [0, 0.05) is 17.8 Å². The second-order valence-electron chi connectivity index (χ2n) is 4.63. The molecule has 3 aromatic rings. The lowest BCUT2D eigenvalue weighted by atomic mass is 10.2. The summed E-state index contributed by atoms with van der Waals surface area (Å²) in [4.78, 5) is 8.45. The normalized spacial score (nSPS) is 10.9. The van der Waals surface area contributed by atoms with E-state index in [9.17, 15) is 4.39 Å². The average Bonchev–Trinajstić information content (AvgIpc) is 2.87. The van der Waals surface area contributed by atoms with Crippen LogP contribution in [0.25, 0.3) is 5.78 Å². The number of nitrogens with zero attached hydrogens (tertiary/aromatic N) is 4. The van der Waals surface area contributed by atoms with Crippen molar-refractivity contribution in [3.05, 3.63) is 53.2 Å². The molecule has 5 nitrogen and oxygen atoms in total. The van der Waals surface area contributed by atoms with Crippen LogP contribution >= 0.6 is 0 Å². The first kappa shape index (κ1) is 12.5. The molecular formula is C14H14FN5. The Labute approximate surface area is 115 Å². The fourth-order valence-electron chi connectivity index (χ4n) is 2.07. The molecule has 0 fully saturated rings. The minimum atomic E-state index is -0.238. The molecule has 6 heteroatoms. The van der Waals surface area contributed by atoms with Crippen molar-refractivity contribution in [2.75, 3.05) is 5.32 Å². The molecule has 0 aliphatic heterocycles. The van der Waals surface area contributed by atoms with Gasteiger partial charge in [0.15, 0.2) is 0 Å². The lowest BCUT2D eigenvalue weighted by molar-refractivity contribution is 0.626. The zero-order valence-electron chi connectivity index (χ0n) is 11.3. The smallest absolute Gasteiger partial charge is 0.254 e. The molecule has 0 spiro atoms. The molecule has 0 atom stereocenters. The van der Waals surface area contributed by atoms with Crippen LogP contribution in [-0.4, -0.2) is 19.6 Å². The van der Waals surface area contributed by atoms with Crippen molar-refractivity contribution >= 4 is 11.6 Å². The van der Waals surface area contributed by atoms with E-state index in [0.29, 0.717) is 12.3 Å². The molecule has 3 rings (SSSR count). The highest BCUT2D eigenvalue weighted by Crippen LogP contribution is 2.18. The number of rotatable bonds is 3. The predicted octanol–water partition coefficient (Wildman–Crippen LogP) is 2.49. The van der Waals surface area contributed by atoms with Crippen LogP contribution in [0.2, 0.25) is 0 Å². The summed E-state index contributed by atoms with van der Waals surface area (Å²) in [5, 5.41) is 7.44. The van der Waals surface area contributed by atoms with Crippen LogP contribution in [0.5, 0.6) is 0 Å². The van der Waals surface area contributed by atoms with E-state index in [4.69, 9.17) is 0 Å². The van der Waals surface area contributed by atoms with Crippen molar-refractivity contribution < 1.29 is 4.39 Å². The van der Waals surface area contributed by atoms with Crippen LogP contribution < -0.4 is 5.32 Å². The zero-order chi connectivity index (χ0) is 14.1. The Morgan fingerprint density at radius 2 is 2.15 bits per heavy atom. The van der Waals surface area contributed by atoms with Crippen LogP contribution in [-0.2, 0) is 6.54 Å². The first-order valence-corrected chi connectivity index (χ1v) is 6.30. The number of benzene rings is 1.